The Morgan fingerprint density at radius 3 is 2.43 bits per heavy atom. The summed E-state index contributed by atoms with van der Waals surface area (Å²) in [4.78, 5) is 1.91. The van der Waals surface area contributed by atoms with Gasteiger partial charge in [-0.15, -0.1) is 0 Å². The molecule has 1 atom stereocenters. The van der Waals surface area contributed by atoms with Gasteiger partial charge in [0.1, 0.15) is 0 Å². The number of rotatable bonds is 3. The van der Waals surface area contributed by atoms with Crippen molar-refractivity contribution in [2.75, 3.05) is 20.7 Å². The van der Waals surface area contributed by atoms with Crippen LogP contribution in [0, 0.1) is 0 Å². The first kappa shape index (κ1) is 11.8. The van der Waals surface area contributed by atoms with E-state index >= 15 is 0 Å². The Morgan fingerprint density at radius 1 is 1.36 bits per heavy atom. The van der Waals surface area contributed by atoms with Crippen LogP contribution in [0.5, 0.6) is 0 Å². The van der Waals surface area contributed by atoms with Crippen molar-refractivity contribution in [2.45, 2.75) is 6.04 Å². The highest BCUT2D eigenvalue weighted by Crippen LogP contribution is 2.28. The summed E-state index contributed by atoms with van der Waals surface area (Å²) in [6.07, 6.45) is 0. The summed E-state index contributed by atoms with van der Waals surface area (Å²) in [5, 5.41) is 10.4. The molecule has 78 valence electrons. The van der Waals surface area contributed by atoms with Crippen molar-refractivity contribution < 1.29 is 5.11 Å². The molecule has 1 aromatic rings. The smallest absolute Gasteiger partial charge is 0.0628 e. The highest BCUT2D eigenvalue weighted by molar-refractivity contribution is 6.35. The summed E-state index contributed by atoms with van der Waals surface area (Å²) in [7, 11) is 3.79. The van der Waals surface area contributed by atoms with Gasteiger partial charge in [0.15, 0.2) is 0 Å². The van der Waals surface area contributed by atoms with E-state index < -0.39 is 0 Å². The predicted octanol–water partition coefficient (Wildman–Crippen LogP) is 2.59. The molecule has 0 saturated heterocycles. The second-order valence-electron chi connectivity index (χ2n) is 3.33. The Balaban J connectivity index is 3.04. The van der Waals surface area contributed by atoms with Crippen molar-refractivity contribution in [2.24, 2.45) is 0 Å². The van der Waals surface area contributed by atoms with Crippen molar-refractivity contribution >= 4 is 23.2 Å². The van der Waals surface area contributed by atoms with Gasteiger partial charge in [-0.2, -0.15) is 0 Å². The van der Waals surface area contributed by atoms with Crippen LogP contribution in [0.15, 0.2) is 18.2 Å². The topological polar surface area (TPSA) is 23.5 Å². The molecule has 2 nitrogen and oxygen atoms in total. The van der Waals surface area contributed by atoms with Crippen molar-refractivity contribution in [3.05, 3.63) is 33.8 Å². The molecule has 0 amide bonds. The lowest BCUT2D eigenvalue weighted by Crippen LogP contribution is -2.23. The maximum Gasteiger partial charge on any atom is 0.0628 e. The zero-order valence-corrected chi connectivity index (χ0v) is 9.68. The van der Waals surface area contributed by atoms with Crippen LogP contribution in [0.3, 0.4) is 0 Å². The minimum absolute atomic E-state index is 0.0361. The van der Waals surface area contributed by atoms with E-state index in [9.17, 15) is 5.11 Å². The summed E-state index contributed by atoms with van der Waals surface area (Å²) < 4.78 is 0. The third-order valence-electron chi connectivity index (χ3n) is 2.12. The molecule has 0 aromatic heterocycles. The molecule has 1 aromatic carbocycles. The molecule has 0 aliphatic carbocycles. The summed E-state index contributed by atoms with van der Waals surface area (Å²) in [6, 6.07) is 5.21. The number of aliphatic hydroxyl groups is 1. The molecule has 0 radical (unpaired) electrons. The Hall–Kier alpha value is -0.280. The molecule has 0 bridgehead atoms. The van der Waals surface area contributed by atoms with Crippen molar-refractivity contribution in [1.82, 2.24) is 4.90 Å². The van der Waals surface area contributed by atoms with Gasteiger partial charge in [0.25, 0.3) is 0 Å². The first-order valence-electron chi connectivity index (χ1n) is 4.28. The maximum absolute atomic E-state index is 9.21. The molecule has 0 aliphatic heterocycles. The van der Waals surface area contributed by atoms with Crippen LogP contribution in [0.1, 0.15) is 11.6 Å². The van der Waals surface area contributed by atoms with Gasteiger partial charge >= 0.3 is 0 Å². The highest BCUT2D eigenvalue weighted by Gasteiger charge is 2.15. The van der Waals surface area contributed by atoms with E-state index in [0.29, 0.717) is 10.0 Å². The van der Waals surface area contributed by atoms with Crippen molar-refractivity contribution in [1.29, 1.82) is 0 Å². The van der Waals surface area contributed by atoms with Crippen LogP contribution < -0.4 is 0 Å². The molecule has 0 saturated carbocycles. The summed E-state index contributed by atoms with van der Waals surface area (Å²) in [5.74, 6) is 0. The lowest BCUT2D eigenvalue weighted by Gasteiger charge is -2.23. The molecule has 0 aliphatic rings. The van der Waals surface area contributed by atoms with Gasteiger partial charge in [0.2, 0.25) is 0 Å². The lowest BCUT2D eigenvalue weighted by atomic mass is 10.1. The van der Waals surface area contributed by atoms with E-state index in [-0.39, 0.29) is 12.6 Å². The molecule has 0 fully saturated rings. The molecule has 4 heteroatoms. The second kappa shape index (κ2) is 4.99. The van der Waals surface area contributed by atoms with E-state index in [4.69, 9.17) is 23.2 Å². The minimum atomic E-state index is -0.0835. The van der Waals surface area contributed by atoms with Crippen molar-refractivity contribution in [3.63, 3.8) is 0 Å². The van der Waals surface area contributed by atoms with Gasteiger partial charge in [0.05, 0.1) is 12.6 Å². The third-order valence-corrected chi connectivity index (χ3v) is 2.68. The lowest BCUT2D eigenvalue weighted by molar-refractivity contribution is 0.171. The van der Waals surface area contributed by atoms with Gasteiger partial charge in [0, 0.05) is 10.0 Å². The van der Waals surface area contributed by atoms with Crippen molar-refractivity contribution in [3.8, 4) is 0 Å². The predicted molar refractivity (Wildman–Crippen MR) is 60.0 cm³/mol. The summed E-state index contributed by atoms with van der Waals surface area (Å²) in [5.41, 5.74) is 0.892. The second-order valence-corrected chi connectivity index (χ2v) is 4.17. The standard InChI is InChI=1S/C10H13Cl2NO/c1-13(2)10(6-14)8-4-3-7(11)5-9(8)12/h3-5,10,14H,6H2,1-2H3/t10-/m0/s1. The number of nitrogens with zero attached hydrogens (tertiary/aromatic N) is 1. The third kappa shape index (κ3) is 2.61. The van der Waals surface area contributed by atoms with Crippen LogP contribution in [0.4, 0.5) is 0 Å². The number of aliphatic hydroxyl groups excluding tert-OH is 1. The minimum Gasteiger partial charge on any atom is -0.394 e. The normalized spacial score (nSPS) is 13.3. The quantitative estimate of drug-likeness (QED) is 0.868. The van der Waals surface area contributed by atoms with Crippen LogP contribution in [-0.2, 0) is 0 Å². The van der Waals surface area contributed by atoms with E-state index in [2.05, 4.69) is 0 Å². The van der Waals surface area contributed by atoms with Crippen LogP contribution in [0.25, 0.3) is 0 Å². The Labute approximate surface area is 94.1 Å². The van der Waals surface area contributed by atoms with Gasteiger partial charge in [-0.05, 0) is 31.8 Å². The van der Waals surface area contributed by atoms with Gasteiger partial charge in [-0.3, -0.25) is 0 Å². The zero-order valence-electron chi connectivity index (χ0n) is 8.17. The molecule has 14 heavy (non-hydrogen) atoms. The Kier molecular flexibility index (Phi) is 4.20. The number of hydrogen-bond acceptors (Lipinski definition) is 2. The SMILES string of the molecule is CN(C)[C@@H](CO)c1ccc(Cl)cc1Cl. The fraction of sp³-hybridized carbons (Fsp3) is 0.400. The van der Waals surface area contributed by atoms with Crippen LogP contribution in [-0.4, -0.2) is 30.7 Å². The summed E-state index contributed by atoms with van der Waals surface area (Å²) >= 11 is 11.8. The van der Waals surface area contributed by atoms with E-state index in [1.165, 1.54) is 0 Å². The van der Waals surface area contributed by atoms with E-state index in [0.717, 1.165) is 5.56 Å². The number of halogens is 2. The molecule has 0 spiro atoms. The Morgan fingerprint density at radius 2 is 2.00 bits per heavy atom. The molecule has 0 heterocycles. The molecule has 1 N–H and O–H groups in total. The van der Waals surface area contributed by atoms with Gasteiger partial charge in [-0.1, -0.05) is 29.3 Å². The molecular weight excluding hydrogens is 221 g/mol. The largest absolute Gasteiger partial charge is 0.394 e. The maximum atomic E-state index is 9.21. The average molecular weight is 234 g/mol. The first-order valence-corrected chi connectivity index (χ1v) is 5.04. The van der Waals surface area contributed by atoms with E-state index in [1.807, 2.05) is 25.1 Å². The number of likely N-dealkylation sites (N-methyl/N-ethyl adjacent to an activating group) is 1. The Bertz CT molecular complexity index is 315. The monoisotopic (exact) mass is 233 g/mol. The first-order chi connectivity index (χ1) is 6.56. The average Bonchev–Trinajstić information content (AvgIpc) is 2.09. The zero-order chi connectivity index (χ0) is 10.7. The van der Waals surface area contributed by atoms with Crippen LogP contribution >= 0.6 is 23.2 Å². The van der Waals surface area contributed by atoms with Crippen LogP contribution in [0.2, 0.25) is 10.0 Å². The summed E-state index contributed by atoms with van der Waals surface area (Å²) in [6.45, 7) is 0.0361. The number of hydrogen-bond donors (Lipinski definition) is 1. The number of benzene rings is 1. The van der Waals surface area contributed by atoms with Gasteiger partial charge in [-0.25, -0.2) is 0 Å². The fourth-order valence-corrected chi connectivity index (χ4v) is 1.85. The molecular formula is C10H13Cl2NO. The fourth-order valence-electron chi connectivity index (χ4n) is 1.31. The molecule has 0 unspecified atom stereocenters. The highest BCUT2D eigenvalue weighted by atomic mass is 35.5. The molecule has 1 rings (SSSR count). The van der Waals surface area contributed by atoms with E-state index in [1.54, 1.807) is 12.1 Å². The van der Waals surface area contributed by atoms with Gasteiger partial charge < -0.3 is 10.0 Å².